The second-order valence-corrected chi connectivity index (χ2v) is 8.25. The molecule has 3 aliphatic rings. The molecular weight excluding hydrogens is 356 g/mol. The summed E-state index contributed by atoms with van der Waals surface area (Å²) >= 11 is 0. The van der Waals surface area contributed by atoms with E-state index in [2.05, 4.69) is 64.8 Å². The van der Waals surface area contributed by atoms with Crippen molar-refractivity contribution in [3.8, 4) is 0 Å². The average Bonchev–Trinajstić information content (AvgIpc) is 3.40. The fourth-order valence-electron chi connectivity index (χ4n) is 5.14. The Hall–Kier alpha value is -1.84. The Labute approximate surface area is 167 Å². The van der Waals surface area contributed by atoms with Gasteiger partial charge in [-0.15, -0.1) is 12.4 Å². The summed E-state index contributed by atoms with van der Waals surface area (Å²) in [6, 6.07) is 19.3. The normalized spacial score (nSPS) is 25.4. The second-order valence-electron chi connectivity index (χ2n) is 8.25. The van der Waals surface area contributed by atoms with Crippen LogP contribution in [-0.4, -0.2) is 30.4 Å². The predicted octanol–water partition coefficient (Wildman–Crippen LogP) is 3.97. The highest BCUT2D eigenvalue weighted by Gasteiger charge is 2.58. The molecule has 2 fully saturated rings. The molecule has 27 heavy (non-hydrogen) atoms. The number of nitrogens with one attached hydrogen (secondary N) is 1. The van der Waals surface area contributed by atoms with E-state index in [0.717, 1.165) is 45.4 Å². The van der Waals surface area contributed by atoms with E-state index < -0.39 is 0 Å². The Morgan fingerprint density at radius 1 is 1.00 bits per heavy atom. The van der Waals surface area contributed by atoms with E-state index in [-0.39, 0.29) is 24.2 Å². The van der Waals surface area contributed by atoms with Gasteiger partial charge in [0.05, 0.1) is 0 Å². The Morgan fingerprint density at radius 2 is 1.70 bits per heavy atom. The first-order valence-electron chi connectivity index (χ1n) is 9.89. The molecule has 1 N–H and O–H groups in total. The van der Waals surface area contributed by atoms with Gasteiger partial charge in [0.25, 0.3) is 0 Å². The van der Waals surface area contributed by atoms with E-state index in [1.807, 2.05) is 0 Å². The van der Waals surface area contributed by atoms with Crippen LogP contribution in [0.15, 0.2) is 54.6 Å². The van der Waals surface area contributed by atoms with Gasteiger partial charge >= 0.3 is 0 Å². The molecule has 1 aliphatic carbocycles. The molecule has 0 aromatic heterocycles. The fourth-order valence-corrected chi connectivity index (χ4v) is 5.14. The SMILES string of the molecule is Cl.O=C(C1CC12CCNCC2)N1Cc2ccccc2C(c2ccccc2)C1. The third-order valence-corrected chi connectivity index (χ3v) is 6.80. The number of carbonyl (C=O) groups is 1. The molecule has 1 saturated heterocycles. The van der Waals surface area contributed by atoms with Gasteiger partial charge in [-0.2, -0.15) is 0 Å². The van der Waals surface area contributed by atoms with E-state index in [1.165, 1.54) is 16.7 Å². The maximum absolute atomic E-state index is 13.3. The third kappa shape index (κ3) is 3.28. The van der Waals surface area contributed by atoms with E-state index in [0.29, 0.717) is 11.3 Å². The summed E-state index contributed by atoms with van der Waals surface area (Å²) in [5.41, 5.74) is 4.31. The monoisotopic (exact) mass is 382 g/mol. The van der Waals surface area contributed by atoms with Crippen LogP contribution < -0.4 is 5.32 Å². The van der Waals surface area contributed by atoms with Gasteiger partial charge in [-0.25, -0.2) is 0 Å². The van der Waals surface area contributed by atoms with Crippen LogP contribution in [0.2, 0.25) is 0 Å². The lowest BCUT2D eigenvalue weighted by Gasteiger charge is -2.36. The molecule has 1 saturated carbocycles. The maximum Gasteiger partial charge on any atom is 0.226 e. The van der Waals surface area contributed by atoms with Crippen LogP contribution in [0.1, 0.15) is 41.9 Å². The zero-order chi connectivity index (χ0) is 17.6. The van der Waals surface area contributed by atoms with Gasteiger partial charge < -0.3 is 10.2 Å². The Balaban J connectivity index is 0.00000180. The highest BCUT2D eigenvalue weighted by Crippen LogP contribution is 2.59. The molecule has 1 spiro atoms. The van der Waals surface area contributed by atoms with Crippen LogP contribution in [0.4, 0.5) is 0 Å². The first-order valence-corrected chi connectivity index (χ1v) is 9.89. The summed E-state index contributed by atoms with van der Waals surface area (Å²) in [5.74, 6) is 0.932. The van der Waals surface area contributed by atoms with Gasteiger partial charge in [0.15, 0.2) is 0 Å². The molecule has 3 nitrogen and oxygen atoms in total. The number of nitrogens with zero attached hydrogens (tertiary/aromatic N) is 1. The first-order chi connectivity index (χ1) is 12.8. The van der Waals surface area contributed by atoms with Crippen LogP contribution in [0.3, 0.4) is 0 Å². The summed E-state index contributed by atoms with van der Waals surface area (Å²) in [5, 5.41) is 3.44. The molecule has 2 atom stereocenters. The van der Waals surface area contributed by atoms with Crippen molar-refractivity contribution >= 4 is 18.3 Å². The summed E-state index contributed by atoms with van der Waals surface area (Å²) in [6.07, 6.45) is 3.42. The quantitative estimate of drug-likeness (QED) is 0.852. The van der Waals surface area contributed by atoms with E-state index >= 15 is 0 Å². The van der Waals surface area contributed by atoms with Crippen molar-refractivity contribution < 1.29 is 4.79 Å². The molecular formula is C23H27ClN2O. The molecule has 5 rings (SSSR count). The number of amides is 1. The zero-order valence-electron chi connectivity index (χ0n) is 15.6. The number of hydrogen-bond donors (Lipinski definition) is 1. The number of carbonyl (C=O) groups excluding carboxylic acids is 1. The lowest BCUT2D eigenvalue weighted by molar-refractivity contribution is -0.134. The zero-order valence-corrected chi connectivity index (χ0v) is 16.4. The lowest BCUT2D eigenvalue weighted by Crippen LogP contribution is -2.41. The van der Waals surface area contributed by atoms with Crippen LogP contribution in [0, 0.1) is 11.3 Å². The first kappa shape index (κ1) is 18.5. The van der Waals surface area contributed by atoms with Crippen molar-refractivity contribution in [1.82, 2.24) is 10.2 Å². The molecule has 1 amide bonds. The topological polar surface area (TPSA) is 32.3 Å². The number of benzene rings is 2. The van der Waals surface area contributed by atoms with Crippen LogP contribution >= 0.6 is 12.4 Å². The van der Waals surface area contributed by atoms with Crippen LogP contribution in [0.25, 0.3) is 0 Å². The van der Waals surface area contributed by atoms with Crippen molar-refractivity contribution in [1.29, 1.82) is 0 Å². The minimum atomic E-state index is 0. The van der Waals surface area contributed by atoms with Crippen molar-refractivity contribution in [3.63, 3.8) is 0 Å². The molecule has 2 aromatic carbocycles. The molecule has 2 aromatic rings. The smallest absolute Gasteiger partial charge is 0.226 e. The highest BCUT2D eigenvalue weighted by molar-refractivity contribution is 5.85. The standard InChI is InChI=1S/C23H26N2O.ClH/c26-22(21-14-23(21)10-12-24-13-11-23)25-15-18-8-4-5-9-19(18)20(16-25)17-6-2-1-3-7-17;/h1-9,20-21,24H,10-16H2;1H. The maximum atomic E-state index is 13.3. The van der Waals surface area contributed by atoms with Crippen molar-refractivity contribution in [2.24, 2.45) is 11.3 Å². The number of halogens is 1. The number of rotatable bonds is 2. The van der Waals surface area contributed by atoms with Crippen LogP contribution in [-0.2, 0) is 11.3 Å². The number of fused-ring (bicyclic) bond motifs is 1. The molecule has 142 valence electrons. The van der Waals surface area contributed by atoms with Gasteiger partial charge in [0.2, 0.25) is 5.91 Å². The fraction of sp³-hybridized carbons (Fsp3) is 0.435. The summed E-state index contributed by atoms with van der Waals surface area (Å²) in [7, 11) is 0. The Morgan fingerprint density at radius 3 is 2.48 bits per heavy atom. The Kier molecular flexibility index (Phi) is 5.00. The molecule has 0 bridgehead atoms. The van der Waals surface area contributed by atoms with E-state index in [9.17, 15) is 4.79 Å². The number of hydrogen-bond acceptors (Lipinski definition) is 2. The summed E-state index contributed by atoms with van der Waals surface area (Å²) in [6.45, 7) is 3.71. The molecule has 0 radical (unpaired) electrons. The van der Waals surface area contributed by atoms with Crippen molar-refractivity contribution in [3.05, 3.63) is 71.3 Å². The number of piperidine rings is 1. The average molecular weight is 383 g/mol. The van der Waals surface area contributed by atoms with Crippen LogP contribution in [0.5, 0.6) is 0 Å². The van der Waals surface area contributed by atoms with Gasteiger partial charge in [-0.3, -0.25) is 4.79 Å². The molecule has 2 aliphatic heterocycles. The van der Waals surface area contributed by atoms with Gasteiger partial charge in [0, 0.05) is 24.9 Å². The largest absolute Gasteiger partial charge is 0.337 e. The summed E-state index contributed by atoms with van der Waals surface area (Å²) < 4.78 is 0. The molecule has 2 heterocycles. The van der Waals surface area contributed by atoms with Crippen molar-refractivity contribution in [2.75, 3.05) is 19.6 Å². The predicted molar refractivity (Wildman–Crippen MR) is 110 cm³/mol. The van der Waals surface area contributed by atoms with Gasteiger partial charge in [0.1, 0.15) is 0 Å². The second kappa shape index (κ2) is 7.29. The van der Waals surface area contributed by atoms with Gasteiger partial charge in [-0.05, 0) is 54.5 Å². The molecule has 4 heteroatoms. The Bertz CT molecular complexity index is 816. The lowest BCUT2D eigenvalue weighted by atomic mass is 9.84. The van der Waals surface area contributed by atoms with E-state index in [4.69, 9.17) is 0 Å². The minimum absolute atomic E-state index is 0. The van der Waals surface area contributed by atoms with Crippen molar-refractivity contribution in [2.45, 2.75) is 31.7 Å². The van der Waals surface area contributed by atoms with Gasteiger partial charge in [-0.1, -0.05) is 54.6 Å². The third-order valence-electron chi connectivity index (χ3n) is 6.80. The summed E-state index contributed by atoms with van der Waals surface area (Å²) in [4.78, 5) is 15.5. The minimum Gasteiger partial charge on any atom is -0.337 e. The van der Waals surface area contributed by atoms with E-state index in [1.54, 1.807) is 0 Å². The highest BCUT2D eigenvalue weighted by atomic mass is 35.5. The molecule has 2 unspecified atom stereocenters.